The zero-order chi connectivity index (χ0) is 12.3. The zero-order valence-electron chi connectivity index (χ0n) is 8.92. The van der Waals surface area contributed by atoms with E-state index in [1.165, 1.54) is 7.11 Å². The second-order valence-electron chi connectivity index (χ2n) is 3.22. The summed E-state index contributed by atoms with van der Waals surface area (Å²) in [6, 6.07) is 1.82. The van der Waals surface area contributed by atoms with Crippen molar-refractivity contribution in [3.8, 4) is 5.75 Å². The van der Waals surface area contributed by atoms with Gasteiger partial charge in [-0.05, 0) is 12.1 Å². The second-order valence-corrected chi connectivity index (χ2v) is 3.22. The van der Waals surface area contributed by atoms with Gasteiger partial charge in [0.2, 0.25) is 0 Å². The van der Waals surface area contributed by atoms with E-state index in [2.05, 4.69) is 0 Å². The van der Waals surface area contributed by atoms with E-state index in [-0.39, 0.29) is 23.7 Å². The summed E-state index contributed by atoms with van der Waals surface area (Å²) in [5.74, 6) is -0.0556. The van der Waals surface area contributed by atoms with E-state index in [1.54, 1.807) is 0 Å². The summed E-state index contributed by atoms with van der Waals surface area (Å²) in [5, 5.41) is 0. The van der Waals surface area contributed by atoms with Crippen molar-refractivity contribution >= 4 is 12.4 Å². The maximum absolute atomic E-state index is 12.4. The number of hydrogen-bond donors (Lipinski definition) is 1. The third kappa shape index (κ3) is 3.74. The molecular formula is C10H12ClF4NO. The van der Waals surface area contributed by atoms with Crippen LogP contribution in [0, 0.1) is 0 Å². The second kappa shape index (κ2) is 6.07. The van der Waals surface area contributed by atoms with Crippen LogP contribution in [-0.4, -0.2) is 13.8 Å². The standard InChI is InChI=1S/C10H11F4NO.ClH/c1-16-9-4-6(10(12,13)14)2-3-7(9)8(15)5-11;/h2-4,8H,5,15H2,1H3;1H/t8-;/m0./s1. The van der Waals surface area contributed by atoms with E-state index in [4.69, 9.17) is 10.5 Å². The molecule has 98 valence electrons. The fourth-order valence-corrected chi connectivity index (χ4v) is 1.28. The lowest BCUT2D eigenvalue weighted by Gasteiger charge is -2.15. The third-order valence-corrected chi connectivity index (χ3v) is 2.13. The highest BCUT2D eigenvalue weighted by atomic mass is 35.5. The largest absolute Gasteiger partial charge is 0.496 e. The summed E-state index contributed by atoms with van der Waals surface area (Å²) in [5.41, 5.74) is 4.77. The van der Waals surface area contributed by atoms with Gasteiger partial charge in [-0.15, -0.1) is 12.4 Å². The molecule has 0 aromatic heterocycles. The molecule has 7 heteroatoms. The first-order valence-corrected chi connectivity index (χ1v) is 4.46. The average molecular weight is 274 g/mol. The molecule has 0 spiro atoms. The summed E-state index contributed by atoms with van der Waals surface area (Å²) in [6.07, 6.45) is -4.45. The van der Waals surface area contributed by atoms with Gasteiger partial charge < -0.3 is 10.5 Å². The molecule has 0 unspecified atom stereocenters. The van der Waals surface area contributed by atoms with Gasteiger partial charge in [-0.2, -0.15) is 13.2 Å². The van der Waals surface area contributed by atoms with E-state index in [0.717, 1.165) is 18.2 Å². The van der Waals surface area contributed by atoms with Crippen LogP contribution in [0.25, 0.3) is 0 Å². The van der Waals surface area contributed by atoms with Crippen molar-refractivity contribution in [3.63, 3.8) is 0 Å². The van der Waals surface area contributed by atoms with Gasteiger partial charge in [0, 0.05) is 5.56 Å². The number of nitrogens with two attached hydrogens (primary N) is 1. The molecule has 1 atom stereocenters. The number of halogens is 5. The van der Waals surface area contributed by atoms with Gasteiger partial charge in [0.05, 0.1) is 18.7 Å². The lowest BCUT2D eigenvalue weighted by molar-refractivity contribution is -0.137. The molecule has 2 N–H and O–H groups in total. The first-order chi connectivity index (χ1) is 7.40. The van der Waals surface area contributed by atoms with Gasteiger partial charge in [0.1, 0.15) is 12.4 Å². The van der Waals surface area contributed by atoms with E-state index in [1.807, 2.05) is 0 Å². The van der Waals surface area contributed by atoms with Crippen LogP contribution in [-0.2, 0) is 6.18 Å². The highest BCUT2D eigenvalue weighted by molar-refractivity contribution is 5.85. The van der Waals surface area contributed by atoms with Crippen LogP contribution in [0.1, 0.15) is 17.2 Å². The molecule has 1 rings (SSSR count). The molecule has 0 amide bonds. The molecule has 0 aliphatic carbocycles. The molecule has 1 aromatic carbocycles. The molecule has 2 nitrogen and oxygen atoms in total. The topological polar surface area (TPSA) is 35.2 Å². The fraction of sp³-hybridized carbons (Fsp3) is 0.400. The number of alkyl halides is 4. The van der Waals surface area contributed by atoms with Crippen molar-refractivity contribution < 1.29 is 22.3 Å². The van der Waals surface area contributed by atoms with Crippen LogP contribution < -0.4 is 10.5 Å². The van der Waals surface area contributed by atoms with Crippen LogP contribution in [0.15, 0.2) is 18.2 Å². The Kier molecular flexibility index (Phi) is 5.71. The fourth-order valence-electron chi connectivity index (χ4n) is 1.28. The highest BCUT2D eigenvalue weighted by Crippen LogP contribution is 2.34. The van der Waals surface area contributed by atoms with Crippen molar-refractivity contribution in [3.05, 3.63) is 29.3 Å². The maximum atomic E-state index is 12.4. The normalized spacial score (nSPS) is 12.8. The number of hydrogen-bond acceptors (Lipinski definition) is 2. The lowest BCUT2D eigenvalue weighted by atomic mass is 10.0. The van der Waals surface area contributed by atoms with Crippen LogP contribution in [0.2, 0.25) is 0 Å². The molecule has 0 heterocycles. The van der Waals surface area contributed by atoms with Crippen molar-refractivity contribution in [2.75, 3.05) is 13.8 Å². The maximum Gasteiger partial charge on any atom is 0.416 e. The molecule has 0 saturated carbocycles. The van der Waals surface area contributed by atoms with Gasteiger partial charge in [-0.3, -0.25) is 0 Å². The number of benzene rings is 1. The molecule has 0 aliphatic rings. The predicted octanol–water partition coefficient (Wildman–Crippen LogP) is 3.11. The predicted molar refractivity (Wildman–Crippen MR) is 58.1 cm³/mol. The van der Waals surface area contributed by atoms with E-state index >= 15 is 0 Å². The summed E-state index contributed by atoms with van der Waals surface area (Å²) >= 11 is 0. The van der Waals surface area contributed by atoms with Gasteiger partial charge in [0.15, 0.2) is 0 Å². The molecule has 17 heavy (non-hydrogen) atoms. The Morgan fingerprint density at radius 2 is 1.94 bits per heavy atom. The third-order valence-electron chi connectivity index (χ3n) is 2.13. The first kappa shape index (κ1) is 16.0. The molecule has 0 aliphatic heterocycles. The van der Waals surface area contributed by atoms with Gasteiger partial charge in [-0.1, -0.05) is 6.07 Å². The van der Waals surface area contributed by atoms with Gasteiger partial charge >= 0.3 is 6.18 Å². The van der Waals surface area contributed by atoms with Crippen molar-refractivity contribution in [2.45, 2.75) is 12.2 Å². The van der Waals surface area contributed by atoms with E-state index in [9.17, 15) is 17.6 Å². The van der Waals surface area contributed by atoms with E-state index in [0.29, 0.717) is 0 Å². The van der Waals surface area contributed by atoms with Gasteiger partial charge in [0.25, 0.3) is 0 Å². The number of methoxy groups -OCH3 is 1. The molecule has 0 bridgehead atoms. The SMILES string of the molecule is COc1cc(C(F)(F)F)ccc1[C@@H](N)CF.Cl. The van der Waals surface area contributed by atoms with Gasteiger partial charge in [-0.25, -0.2) is 4.39 Å². The molecular weight excluding hydrogens is 262 g/mol. The Hall–Kier alpha value is -1.01. The quantitative estimate of drug-likeness (QED) is 0.859. The van der Waals surface area contributed by atoms with Crippen molar-refractivity contribution in [2.24, 2.45) is 5.73 Å². The van der Waals surface area contributed by atoms with Crippen LogP contribution >= 0.6 is 12.4 Å². The lowest BCUT2D eigenvalue weighted by Crippen LogP contribution is -2.14. The monoisotopic (exact) mass is 273 g/mol. The summed E-state index contributed by atoms with van der Waals surface area (Å²) < 4.78 is 54.2. The Bertz CT molecular complexity index is 370. The van der Waals surface area contributed by atoms with Crippen molar-refractivity contribution in [1.82, 2.24) is 0 Å². The Morgan fingerprint density at radius 1 is 1.35 bits per heavy atom. The number of rotatable bonds is 3. The molecule has 0 saturated heterocycles. The summed E-state index contributed by atoms with van der Waals surface area (Å²) in [6.45, 7) is -0.859. The molecule has 0 fully saturated rings. The molecule has 0 radical (unpaired) electrons. The van der Waals surface area contributed by atoms with Crippen molar-refractivity contribution in [1.29, 1.82) is 0 Å². The van der Waals surface area contributed by atoms with E-state index < -0.39 is 24.5 Å². The summed E-state index contributed by atoms with van der Waals surface area (Å²) in [4.78, 5) is 0. The van der Waals surface area contributed by atoms with Crippen LogP contribution in [0.3, 0.4) is 0 Å². The average Bonchev–Trinajstić information content (AvgIpc) is 2.26. The molecule has 1 aromatic rings. The zero-order valence-corrected chi connectivity index (χ0v) is 9.74. The summed E-state index contributed by atoms with van der Waals surface area (Å²) in [7, 11) is 1.21. The minimum atomic E-state index is -4.45. The Balaban J connectivity index is 0.00000256. The highest BCUT2D eigenvalue weighted by Gasteiger charge is 2.31. The minimum absolute atomic E-state index is 0. The minimum Gasteiger partial charge on any atom is -0.496 e. The smallest absolute Gasteiger partial charge is 0.416 e. The van der Waals surface area contributed by atoms with Crippen LogP contribution in [0.5, 0.6) is 5.75 Å². The Morgan fingerprint density at radius 3 is 2.35 bits per heavy atom. The number of ether oxygens (including phenoxy) is 1. The Labute approximate surface area is 102 Å². The van der Waals surface area contributed by atoms with Crippen LogP contribution in [0.4, 0.5) is 17.6 Å². The first-order valence-electron chi connectivity index (χ1n) is 4.46.